The summed E-state index contributed by atoms with van der Waals surface area (Å²) in [6.45, 7) is 6.28. The zero-order chi connectivity index (χ0) is 12.3. The fourth-order valence-corrected chi connectivity index (χ4v) is 2.38. The summed E-state index contributed by atoms with van der Waals surface area (Å²) in [4.78, 5) is 0.555. The van der Waals surface area contributed by atoms with Gasteiger partial charge in [-0.25, -0.2) is 0 Å². The van der Waals surface area contributed by atoms with Gasteiger partial charge >= 0.3 is 0 Å². The third kappa shape index (κ3) is 2.73. The predicted molar refractivity (Wildman–Crippen MR) is 72.1 cm³/mol. The van der Waals surface area contributed by atoms with Crippen LogP contribution in [0, 0.1) is 12.8 Å². The fourth-order valence-electron chi connectivity index (χ4n) is 1.97. The smallest absolute Gasteiger partial charge is 0.121 e. The van der Waals surface area contributed by atoms with Crippen LogP contribution in [0.25, 0.3) is 0 Å². The largest absolute Gasteiger partial charge is 0.496 e. The van der Waals surface area contributed by atoms with Crippen molar-refractivity contribution in [1.29, 1.82) is 0 Å². The summed E-state index contributed by atoms with van der Waals surface area (Å²) >= 11 is 5.13. The molecule has 0 aliphatic rings. The van der Waals surface area contributed by atoms with Crippen LogP contribution in [-0.2, 0) is 0 Å². The van der Waals surface area contributed by atoms with Crippen molar-refractivity contribution in [3.63, 3.8) is 0 Å². The molecule has 0 saturated carbocycles. The molecule has 1 aromatic carbocycles. The molecule has 2 nitrogen and oxygen atoms in total. The van der Waals surface area contributed by atoms with Crippen LogP contribution < -0.4 is 10.5 Å². The van der Waals surface area contributed by atoms with Gasteiger partial charge in [0, 0.05) is 5.92 Å². The number of rotatable bonds is 4. The predicted octanol–water partition coefficient (Wildman–Crippen LogP) is 3.03. The molecule has 3 heteroatoms. The molecule has 0 amide bonds. The van der Waals surface area contributed by atoms with E-state index in [1.54, 1.807) is 7.11 Å². The van der Waals surface area contributed by atoms with Crippen LogP contribution in [0.15, 0.2) is 18.2 Å². The molecule has 1 atom stereocenters. The summed E-state index contributed by atoms with van der Waals surface area (Å²) in [6.07, 6.45) is 0. The zero-order valence-electron chi connectivity index (χ0n) is 10.3. The second kappa shape index (κ2) is 5.30. The highest BCUT2D eigenvalue weighted by molar-refractivity contribution is 7.80. The number of thiocarbonyl (C=S) groups is 1. The molecule has 0 saturated heterocycles. The molecule has 0 spiro atoms. The van der Waals surface area contributed by atoms with Gasteiger partial charge in [-0.3, -0.25) is 0 Å². The van der Waals surface area contributed by atoms with Crippen molar-refractivity contribution in [2.75, 3.05) is 7.11 Å². The number of ether oxygens (including phenoxy) is 1. The van der Waals surface area contributed by atoms with Crippen molar-refractivity contribution in [1.82, 2.24) is 0 Å². The Kier molecular flexibility index (Phi) is 4.30. The first-order chi connectivity index (χ1) is 7.47. The van der Waals surface area contributed by atoms with E-state index in [1.165, 1.54) is 5.56 Å². The van der Waals surface area contributed by atoms with Crippen molar-refractivity contribution in [3.05, 3.63) is 29.3 Å². The second-order valence-corrected chi connectivity index (χ2v) is 4.82. The molecule has 0 aromatic heterocycles. The third-order valence-corrected chi connectivity index (χ3v) is 3.01. The third-order valence-electron chi connectivity index (χ3n) is 2.75. The SMILES string of the molecule is COc1ccc(C(C(N)=S)C(C)C)cc1C. The summed E-state index contributed by atoms with van der Waals surface area (Å²) in [5, 5.41) is 0. The molecule has 0 aliphatic heterocycles. The van der Waals surface area contributed by atoms with Gasteiger partial charge in [0.2, 0.25) is 0 Å². The summed E-state index contributed by atoms with van der Waals surface area (Å²) < 4.78 is 5.24. The van der Waals surface area contributed by atoms with Gasteiger partial charge in [0.05, 0.1) is 12.1 Å². The van der Waals surface area contributed by atoms with Crippen LogP contribution in [0.2, 0.25) is 0 Å². The Hall–Kier alpha value is -1.09. The molecule has 0 aliphatic carbocycles. The van der Waals surface area contributed by atoms with E-state index in [-0.39, 0.29) is 5.92 Å². The van der Waals surface area contributed by atoms with Crippen LogP contribution in [0.5, 0.6) is 5.75 Å². The van der Waals surface area contributed by atoms with E-state index in [9.17, 15) is 0 Å². The van der Waals surface area contributed by atoms with E-state index in [1.807, 2.05) is 19.1 Å². The van der Waals surface area contributed by atoms with Crippen molar-refractivity contribution >= 4 is 17.2 Å². The van der Waals surface area contributed by atoms with E-state index in [0.29, 0.717) is 10.9 Å². The van der Waals surface area contributed by atoms with Crippen LogP contribution in [-0.4, -0.2) is 12.1 Å². The molecule has 16 heavy (non-hydrogen) atoms. The van der Waals surface area contributed by atoms with Crippen molar-refractivity contribution in [3.8, 4) is 5.75 Å². The second-order valence-electron chi connectivity index (χ2n) is 4.35. The molecule has 0 radical (unpaired) electrons. The molecule has 2 N–H and O–H groups in total. The Morgan fingerprint density at radius 3 is 2.38 bits per heavy atom. The number of aryl methyl sites for hydroxylation is 1. The normalized spacial score (nSPS) is 12.6. The van der Waals surface area contributed by atoms with Gasteiger partial charge in [-0.2, -0.15) is 0 Å². The summed E-state index contributed by atoms with van der Waals surface area (Å²) in [6, 6.07) is 6.11. The lowest BCUT2D eigenvalue weighted by Gasteiger charge is -2.21. The van der Waals surface area contributed by atoms with Gasteiger partial charge in [-0.05, 0) is 30.0 Å². The number of nitrogens with two attached hydrogens (primary N) is 1. The van der Waals surface area contributed by atoms with Gasteiger partial charge in [0.15, 0.2) is 0 Å². The molecular formula is C13H19NOS. The van der Waals surface area contributed by atoms with E-state index >= 15 is 0 Å². The van der Waals surface area contributed by atoms with Crippen molar-refractivity contribution < 1.29 is 4.74 Å². The van der Waals surface area contributed by atoms with Crippen molar-refractivity contribution in [2.24, 2.45) is 11.7 Å². The lowest BCUT2D eigenvalue weighted by atomic mass is 9.87. The lowest BCUT2D eigenvalue weighted by molar-refractivity contribution is 0.411. The standard InChI is InChI=1S/C13H19NOS/c1-8(2)12(13(14)16)10-5-6-11(15-4)9(3)7-10/h5-8,12H,1-4H3,(H2,14,16). The minimum atomic E-state index is 0.139. The first-order valence-corrected chi connectivity index (χ1v) is 5.82. The van der Waals surface area contributed by atoms with E-state index in [4.69, 9.17) is 22.7 Å². The van der Waals surface area contributed by atoms with Crippen LogP contribution in [0.1, 0.15) is 30.9 Å². The minimum Gasteiger partial charge on any atom is -0.496 e. The maximum atomic E-state index is 5.79. The van der Waals surface area contributed by atoms with E-state index < -0.39 is 0 Å². The first-order valence-electron chi connectivity index (χ1n) is 5.41. The minimum absolute atomic E-state index is 0.139. The summed E-state index contributed by atoms with van der Waals surface area (Å²) in [5.74, 6) is 1.44. The van der Waals surface area contributed by atoms with Crippen LogP contribution >= 0.6 is 12.2 Å². The Morgan fingerprint density at radius 2 is 2.00 bits per heavy atom. The number of benzene rings is 1. The van der Waals surface area contributed by atoms with Gasteiger partial charge in [0.1, 0.15) is 5.75 Å². The summed E-state index contributed by atoms with van der Waals surface area (Å²) in [5.41, 5.74) is 8.07. The lowest BCUT2D eigenvalue weighted by Crippen LogP contribution is -2.23. The highest BCUT2D eigenvalue weighted by Gasteiger charge is 2.19. The van der Waals surface area contributed by atoms with Gasteiger partial charge in [-0.15, -0.1) is 0 Å². The molecule has 0 bridgehead atoms. The van der Waals surface area contributed by atoms with E-state index in [0.717, 1.165) is 11.3 Å². The highest BCUT2D eigenvalue weighted by Crippen LogP contribution is 2.28. The Morgan fingerprint density at radius 1 is 1.38 bits per heavy atom. The molecular weight excluding hydrogens is 218 g/mol. The van der Waals surface area contributed by atoms with Gasteiger partial charge < -0.3 is 10.5 Å². The molecule has 0 heterocycles. The van der Waals surface area contributed by atoms with Crippen molar-refractivity contribution in [2.45, 2.75) is 26.7 Å². The van der Waals surface area contributed by atoms with Crippen LogP contribution in [0.3, 0.4) is 0 Å². The van der Waals surface area contributed by atoms with E-state index in [2.05, 4.69) is 19.9 Å². The number of methoxy groups -OCH3 is 1. The van der Waals surface area contributed by atoms with Gasteiger partial charge in [-0.1, -0.05) is 38.2 Å². The average Bonchev–Trinajstić information content (AvgIpc) is 2.16. The fraction of sp³-hybridized carbons (Fsp3) is 0.462. The monoisotopic (exact) mass is 237 g/mol. The molecule has 1 unspecified atom stereocenters. The molecule has 0 fully saturated rings. The highest BCUT2D eigenvalue weighted by atomic mass is 32.1. The number of hydrogen-bond donors (Lipinski definition) is 1. The molecule has 88 valence electrons. The Bertz CT molecular complexity index is 388. The quantitative estimate of drug-likeness (QED) is 0.818. The first kappa shape index (κ1) is 13.0. The van der Waals surface area contributed by atoms with Gasteiger partial charge in [0.25, 0.3) is 0 Å². The topological polar surface area (TPSA) is 35.2 Å². The molecule has 1 aromatic rings. The Labute approximate surface area is 103 Å². The zero-order valence-corrected chi connectivity index (χ0v) is 11.1. The molecule has 1 rings (SSSR count). The maximum Gasteiger partial charge on any atom is 0.121 e. The van der Waals surface area contributed by atoms with Crippen LogP contribution in [0.4, 0.5) is 0 Å². The summed E-state index contributed by atoms with van der Waals surface area (Å²) in [7, 11) is 1.68. The maximum absolute atomic E-state index is 5.79. The average molecular weight is 237 g/mol. The Balaban J connectivity index is 3.12. The number of hydrogen-bond acceptors (Lipinski definition) is 2.